The van der Waals surface area contributed by atoms with E-state index < -0.39 is 0 Å². The van der Waals surface area contributed by atoms with Crippen molar-refractivity contribution in [1.82, 2.24) is 9.47 Å². The molecular formula is C17H20N2O3. The summed E-state index contributed by atoms with van der Waals surface area (Å²) < 4.78 is 6.66. The number of carbonyl (C=O) groups is 1. The van der Waals surface area contributed by atoms with Crippen LogP contribution in [0.2, 0.25) is 0 Å². The Morgan fingerprint density at radius 2 is 1.95 bits per heavy atom. The Hall–Kier alpha value is -2.30. The van der Waals surface area contributed by atoms with Gasteiger partial charge in [0.1, 0.15) is 12.3 Å². The first-order valence-corrected chi connectivity index (χ1v) is 7.64. The topological polar surface area (TPSA) is 51.5 Å². The van der Waals surface area contributed by atoms with Gasteiger partial charge < -0.3 is 14.2 Å². The predicted octanol–water partition coefficient (Wildman–Crippen LogP) is 2.02. The number of fused-ring (bicyclic) bond motifs is 1. The lowest BCUT2D eigenvalue weighted by molar-refractivity contribution is -0.132. The molecule has 0 saturated carbocycles. The second-order valence-electron chi connectivity index (χ2n) is 5.64. The van der Waals surface area contributed by atoms with E-state index >= 15 is 0 Å². The van der Waals surface area contributed by atoms with Crippen LogP contribution in [0.1, 0.15) is 19.3 Å². The lowest BCUT2D eigenvalue weighted by atomic mass is 10.1. The molecule has 0 radical (unpaired) electrons. The number of hydrogen-bond donors (Lipinski definition) is 0. The highest BCUT2D eigenvalue weighted by Crippen LogP contribution is 2.18. The van der Waals surface area contributed by atoms with Gasteiger partial charge in [-0.05, 0) is 48.9 Å². The van der Waals surface area contributed by atoms with Crippen LogP contribution in [0.3, 0.4) is 0 Å². The minimum absolute atomic E-state index is 0.0228. The third-order valence-electron chi connectivity index (χ3n) is 4.20. The minimum Gasteiger partial charge on any atom is -0.497 e. The van der Waals surface area contributed by atoms with Crippen molar-refractivity contribution in [3.05, 3.63) is 40.8 Å². The summed E-state index contributed by atoms with van der Waals surface area (Å²) >= 11 is 0. The van der Waals surface area contributed by atoms with Crippen molar-refractivity contribution in [2.75, 3.05) is 20.2 Å². The Labute approximate surface area is 129 Å². The number of likely N-dealkylation sites (tertiary alicyclic amines) is 1. The summed E-state index contributed by atoms with van der Waals surface area (Å²) in [7, 11) is 1.60. The molecule has 1 aliphatic heterocycles. The third-order valence-corrected chi connectivity index (χ3v) is 4.20. The SMILES string of the molecule is COc1ccc2c(=O)n(CC(=O)N3CCCCC3)ccc2c1. The number of hydrogen-bond acceptors (Lipinski definition) is 3. The van der Waals surface area contributed by atoms with Crippen LogP contribution in [0.25, 0.3) is 10.8 Å². The first-order chi connectivity index (χ1) is 10.7. The monoisotopic (exact) mass is 300 g/mol. The van der Waals surface area contributed by atoms with Crippen LogP contribution in [-0.4, -0.2) is 35.6 Å². The van der Waals surface area contributed by atoms with Crippen molar-refractivity contribution >= 4 is 16.7 Å². The molecule has 1 aliphatic rings. The maximum absolute atomic E-state index is 12.5. The Kier molecular flexibility index (Phi) is 4.13. The Bertz CT molecular complexity index is 745. The first kappa shape index (κ1) is 14.6. The second kappa shape index (κ2) is 6.22. The van der Waals surface area contributed by atoms with Crippen LogP contribution >= 0.6 is 0 Å². The molecule has 5 heteroatoms. The number of carbonyl (C=O) groups excluding carboxylic acids is 1. The van der Waals surface area contributed by atoms with Crippen LogP contribution in [0.4, 0.5) is 0 Å². The zero-order valence-electron chi connectivity index (χ0n) is 12.7. The van der Waals surface area contributed by atoms with Crippen molar-refractivity contribution in [3.63, 3.8) is 0 Å². The van der Waals surface area contributed by atoms with Crippen molar-refractivity contribution in [1.29, 1.82) is 0 Å². The van der Waals surface area contributed by atoms with E-state index in [1.165, 1.54) is 11.0 Å². The number of piperidine rings is 1. The first-order valence-electron chi connectivity index (χ1n) is 7.64. The van der Waals surface area contributed by atoms with Gasteiger partial charge in [0.15, 0.2) is 0 Å². The maximum atomic E-state index is 12.5. The van der Waals surface area contributed by atoms with Crippen LogP contribution in [0, 0.1) is 0 Å². The highest BCUT2D eigenvalue weighted by atomic mass is 16.5. The molecule has 1 fully saturated rings. The summed E-state index contributed by atoms with van der Waals surface area (Å²) in [5, 5.41) is 1.43. The molecule has 22 heavy (non-hydrogen) atoms. The van der Waals surface area contributed by atoms with Gasteiger partial charge in [0.05, 0.1) is 7.11 Å². The largest absolute Gasteiger partial charge is 0.497 e. The van der Waals surface area contributed by atoms with E-state index in [9.17, 15) is 9.59 Å². The van der Waals surface area contributed by atoms with Crippen LogP contribution in [-0.2, 0) is 11.3 Å². The molecule has 1 aromatic heterocycles. The van der Waals surface area contributed by atoms with Gasteiger partial charge in [-0.3, -0.25) is 9.59 Å². The van der Waals surface area contributed by atoms with Crippen LogP contribution in [0.15, 0.2) is 35.3 Å². The fourth-order valence-electron chi connectivity index (χ4n) is 2.91. The smallest absolute Gasteiger partial charge is 0.258 e. The van der Waals surface area contributed by atoms with Gasteiger partial charge in [-0.2, -0.15) is 0 Å². The van der Waals surface area contributed by atoms with E-state index in [-0.39, 0.29) is 18.0 Å². The van der Waals surface area contributed by atoms with E-state index in [0.717, 1.165) is 31.3 Å². The number of pyridine rings is 1. The molecule has 2 aromatic rings. The highest BCUT2D eigenvalue weighted by Gasteiger charge is 2.17. The third kappa shape index (κ3) is 2.84. The fraction of sp³-hybridized carbons (Fsp3) is 0.412. The zero-order chi connectivity index (χ0) is 15.5. The van der Waals surface area contributed by atoms with E-state index in [2.05, 4.69) is 0 Å². The quantitative estimate of drug-likeness (QED) is 0.871. The number of rotatable bonds is 3. The normalized spacial score (nSPS) is 15.0. The van der Waals surface area contributed by atoms with E-state index in [4.69, 9.17) is 4.74 Å². The van der Waals surface area contributed by atoms with Gasteiger partial charge in [-0.1, -0.05) is 0 Å². The van der Waals surface area contributed by atoms with Gasteiger partial charge in [-0.15, -0.1) is 0 Å². The predicted molar refractivity (Wildman–Crippen MR) is 85.2 cm³/mol. The summed E-state index contributed by atoms with van der Waals surface area (Å²) in [5.74, 6) is 0.740. The Morgan fingerprint density at radius 1 is 1.18 bits per heavy atom. The molecule has 5 nitrogen and oxygen atoms in total. The van der Waals surface area contributed by atoms with Crippen molar-refractivity contribution in [2.24, 2.45) is 0 Å². The number of benzene rings is 1. The fourth-order valence-corrected chi connectivity index (χ4v) is 2.91. The Balaban J connectivity index is 1.86. The van der Waals surface area contributed by atoms with Gasteiger partial charge in [-0.25, -0.2) is 0 Å². The lowest BCUT2D eigenvalue weighted by Gasteiger charge is -2.26. The van der Waals surface area contributed by atoms with Crippen molar-refractivity contribution in [3.8, 4) is 5.75 Å². The minimum atomic E-state index is -0.134. The van der Waals surface area contributed by atoms with Crippen molar-refractivity contribution < 1.29 is 9.53 Å². The molecule has 1 aromatic carbocycles. The summed E-state index contributed by atoms with van der Waals surface area (Å²) in [6.45, 7) is 1.72. The van der Waals surface area contributed by atoms with Crippen LogP contribution in [0.5, 0.6) is 5.75 Å². The molecule has 0 bridgehead atoms. The molecule has 0 spiro atoms. The number of ether oxygens (including phenoxy) is 1. The molecule has 3 rings (SSSR count). The molecule has 0 unspecified atom stereocenters. The number of nitrogens with zero attached hydrogens (tertiary/aromatic N) is 2. The number of aromatic nitrogens is 1. The molecule has 116 valence electrons. The van der Waals surface area contributed by atoms with Gasteiger partial charge in [0.25, 0.3) is 5.56 Å². The standard InChI is InChI=1S/C17H20N2O3/c1-22-14-5-6-15-13(11-14)7-10-19(17(15)21)12-16(20)18-8-3-2-4-9-18/h5-7,10-11H,2-4,8-9,12H2,1H3. The molecule has 1 amide bonds. The van der Waals surface area contributed by atoms with E-state index in [1.807, 2.05) is 17.0 Å². The molecule has 1 saturated heterocycles. The summed E-state index contributed by atoms with van der Waals surface area (Å²) in [4.78, 5) is 26.7. The van der Waals surface area contributed by atoms with Gasteiger partial charge in [0.2, 0.25) is 5.91 Å². The number of methoxy groups -OCH3 is 1. The van der Waals surface area contributed by atoms with Gasteiger partial charge in [0, 0.05) is 24.7 Å². The zero-order valence-corrected chi connectivity index (χ0v) is 12.7. The highest BCUT2D eigenvalue weighted by molar-refractivity contribution is 5.83. The maximum Gasteiger partial charge on any atom is 0.258 e. The molecule has 0 N–H and O–H groups in total. The van der Waals surface area contributed by atoms with Gasteiger partial charge >= 0.3 is 0 Å². The molecular weight excluding hydrogens is 280 g/mol. The average Bonchev–Trinajstić information content (AvgIpc) is 2.57. The second-order valence-corrected chi connectivity index (χ2v) is 5.64. The average molecular weight is 300 g/mol. The molecule has 2 heterocycles. The Morgan fingerprint density at radius 3 is 2.68 bits per heavy atom. The summed E-state index contributed by atoms with van der Waals surface area (Å²) in [6.07, 6.45) is 4.98. The molecule has 0 aliphatic carbocycles. The lowest BCUT2D eigenvalue weighted by Crippen LogP contribution is -2.39. The number of amides is 1. The van der Waals surface area contributed by atoms with E-state index in [1.54, 1.807) is 25.4 Å². The summed E-state index contributed by atoms with van der Waals surface area (Å²) in [5.41, 5.74) is -0.134. The van der Waals surface area contributed by atoms with E-state index in [0.29, 0.717) is 11.1 Å². The van der Waals surface area contributed by atoms with Crippen LogP contribution < -0.4 is 10.3 Å². The van der Waals surface area contributed by atoms with Crippen molar-refractivity contribution in [2.45, 2.75) is 25.8 Å². The summed E-state index contributed by atoms with van der Waals surface area (Å²) in [6, 6.07) is 7.19. The molecule has 0 atom stereocenters.